The summed E-state index contributed by atoms with van der Waals surface area (Å²) in [4.78, 5) is 11.3. The van der Waals surface area contributed by atoms with Gasteiger partial charge in [0.1, 0.15) is 0 Å². The standard InChI is InChI=1S/C12H21NO3/c1-4-16-12(14)9(2)8-13-10-6-5-7-11(10)15-3/h10-11,13H,2,4-8H2,1,3H3. The fourth-order valence-electron chi connectivity index (χ4n) is 2.00. The number of rotatable bonds is 6. The summed E-state index contributed by atoms with van der Waals surface area (Å²) in [6.45, 7) is 6.36. The third-order valence-corrected chi connectivity index (χ3v) is 2.90. The van der Waals surface area contributed by atoms with Crippen molar-refractivity contribution in [3.05, 3.63) is 12.2 Å². The number of ether oxygens (including phenoxy) is 2. The maximum absolute atomic E-state index is 11.3. The molecule has 0 spiro atoms. The van der Waals surface area contributed by atoms with E-state index in [0.717, 1.165) is 12.8 Å². The van der Waals surface area contributed by atoms with Crippen molar-refractivity contribution < 1.29 is 14.3 Å². The quantitative estimate of drug-likeness (QED) is 0.548. The van der Waals surface area contributed by atoms with E-state index in [-0.39, 0.29) is 12.1 Å². The molecule has 0 saturated heterocycles. The summed E-state index contributed by atoms with van der Waals surface area (Å²) >= 11 is 0. The number of methoxy groups -OCH3 is 1. The minimum Gasteiger partial charge on any atom is -0.463 e. The Balaban J connectivity index is 2.28. The summed E-state index contributed by atoms with van der Waals surface area (Å²) in [7, 11) is 1.73. The first-order chi connectivity index (χ1) is 7.69. The van der Waals surface area contributed by atoms with Gasteiger partial charge in [-0.05, 0) is 26.2 Å². The smallest absolute Gasteiger partial charge is 0.334 e. The lowest BCUT2D eigenvalue weighted by Crippen LogP contribution is -2.38. The molecule has 0 amide bonds. The van der Waals surface area contributed by atoms with Gasteiger partial charge in [-0.15, -0.1) is 0 Å². The van der Waals surface area contributed by atoms with Crippen LogP contribution in [-0.4, -0.2) is 38.4 Å². The second-order valence-corrected chi connectivity index (χ2v) is 4.02. The molecule has 1 N–H and O–H groups in total. The van der Waals surface area contributed by atoms with Crippen LogP contribution in [0.1, 0.15) is 26.2 Å². The highest BCUT2D eigenvalue weighted by Crippen LogP contribution is 2.21. The van der Waals surface area contributed by atoms with Crippen molar-refractivity contribution in [2.75, 3.05) is 20.3 Å². The van der Waals surface area contributed by atoms with E-state index >= 15 is 0 Å². The Labute approximate surface area is 97.0 Å². The molecule has 0 bridgehead atoms. The predicted molar refractivity (Wildman–Crippen MR) is 62.2 cm³/mol. The highest BCUT2D eigenvalue weighted by Gasteiger charge is 2.26. The van der Waals surface area contributed by atoms with Gasteiger partial charge in [0.2, 0.25) is 0 Å². The van der Waals surface area contributed by atoms with Crippen LogP contribution < -0.4 is 5.32 Å². The first-order valence-corrected chi connectivity index (χ1v) is 5.80. The summed E-state index contributed by atoms with van der Waals surface area (Å²) in [5.74, 6) is -0.318. The fourth-order valence-corrected chi connectivity index (χ4v) is 2.00. The summed E-state index contributed by atoms with van der Waals surface area (Å²) in [6.07, 6.45) is 3.60. The molecule has 4 nitrogen and oxygen atoms in total. The summed E-state index contributed by atoms with van der Waals surface area (Å²) < 4.78 is 10.2. The SMILES string of the molecule is C=C(CNC1CCCC1OC)C(=O)OCC. The Hall–Kier alpha value is -0.870. The zero-order chi connectivity index (χ0) is 12.0. The average molecular weight is 227 g/mol. The van der Waals surface area contributed by atoms with Crippen molar-refractivity contribution in [1.29, 1.82) is 0 Å². The molecule has 2 unspecified atom stereocenters. The van der Waals surface area contributed by atoms with Crippen LogP contribution in [0, 0.1) is 0 Å². The molecule has 1 fully saturated rings. The largest absolute Gasteiger partial charge is 0.463 e. The lowest BCUT2D eigenvalue weighted by atomic mass is 10.2. The molecule has 1 rings (SSSR count). The van der Waals surface area contributed by atoms with Gasteiger partial charge in [-0.3, -0.25) is 0 Å². The van der Waals surface area contributed by atoms with E-state index in [9.17, 15) is 4.79 Å². The van der Waals surface area contributed by atoms with E-state index in [1.807, 2.05) is 0 Å². The van der Waals surface area contributed by atoms with Crippen LogP contribution in [0.2, 0.25) is 0 Å². The van der Waals surface area contributed by atoms with Crippen molar-refractivity contribution >= 4 is 5.97 Å². The molecular weight excluding hydrogens is 206 g/mol. The Kier molecular flexibility index (Phi) is 5.49. The third-order valence-electron chi connectivity index (χ3n) is 2.90. The third kappa shape index (κ3) is 3.61. The molecule has 92 valence electrons. The van der Waals surface area contributed by atoms with Crippen molar-refractivity contribution in [2.45, 2.75) is 38.3 Å². The summed E-state index contributed by atoms with van der Waals surface area (Å²) in [6, 6.07) is 0.330. The highest BCUT2D eigenvalue weighted by atomic mass is 16.5. The van der Waals surface area contributed by atoms with E-state index in [0.29, 0.717) is 24.8 Å². The maximum Gasteiger partial charge on any atom is 0.334 e. The minimum absolute atomic E-state index is 0.259. The van der Waals surface area contributed by atoms with Gasteiger partial charge in [0.25, 0.3) is 0 Å². The van der Waals surface area contributed by atoms with Crippen LogP contribution >= 0.6 is 0 Å². The average Bonchev–Trinajstić information content (AvgIpc) is 2.73. The number of esters is 1. The minimum atomic E-state index is -0.318. The predicted octanol–water partition coefficient (Wildman–Crippen LogP) is 1.26. The lowest BCUT2D eigenvalue weighted by molar-refractivity contribution is -0.138. The maximum atomic E-state index is 11.3. The van der Waals surface area contributed by atoms with Crippen LogP contribution in [0.4, 0.5) is 0 Å². The van der Waals surface area contributed by atoms with Crippen molar-refractivity contribution in [3.63, 3.8) is 0 Å². The van der Waals surface area contributed by atoms with Crippen LogP contribution in [0.5, 0.6) is 0 Å². The molecular formula is C12H21NO3. The number of hydrogen-bond donors (Lipinski definition) is 1. The molecule has 1 aliphatic rings. The molecule has 0 heterocycles. The molecule has 16 heavy (non-hydrogen) atoms. The Morgan fingerprint density at radius 1 is 1.50 bits per heavy atom. The van der Waals surface area contributed by atoms with Crippen molar-refractivity contribution in [2.24, 2.45) is 0 Å². The summed E-state index contributed by atoms with van der Waals surface area (Å²) in [5, 5.41) is 3.30. The molecule has 0 aliphatic heterocycles. The Morgan fingerprint density at radius 3 is 2.88 bits per heavy atom. The monoisotopic (exact) mass is 227 g/mol. The number of nitrogens with one attached hydrogen (secondary N) is 1. The van der Waals surface area contributed by atoms with Gasteiger partial charge in [-0.25, -0.2) is 4.79 Å². The molecule has 0 radical (unpaired) electrons. The first kappa shape index (κ1) is 13.2. The van der Waals surface area contributed by atoms with Crippen molar-refractivity contribution in [3.8, 4) is 0 Å². The molecule has 2 atom stereocenters. The van der Waals surface area contributed by atoms with Gasteiger partial charge in [0, 0.05) is 25.3 Å². The van der Waals surface area contributed by atoms with E-state index in [1.165, 1.54) is 6.42 Å². The molecule has 0 aromatic carbocycles. The molecule has 4 heteroatoms. The van der Waals surface area contributed by atoms with Gasteiger partial charge in [-0.1, -0.05) is 6.58 Å². The van der Waals surface area contributed by atoms with Gasteiger partial charge >= 0.3 is 5.97 Å². The van der Waals surface area contributed by atoms with E-state index in [1.54, 1.807) is 14.0 Å². The number of hydrogen-bond acceptors (Lipinski definition) is 4. The second kappa shape index (κ2) is 6.66. The van der Waals surface area contributed by atoms with Crippen LogP contribution in [0.25, 0.3) is 0 Å². The molecule has 1 aliphatic carbocycles. The molecule has 1 saturated carbocycles. The fraction of sp³-hybridized carbons (Fsp3) is 0.750. The van der Waals surface area contributed by atoms with E-state index in [2.05, 4.69) is 11.9 Å². The zero-order valence-electron chi connectivity index (χ0n) is 10.1. The molecule has 0 aromatic rings. The van der Waals surface area contributed by atoms with Gasteiger partial charge in [-0.2, -0.15) is 0 Å². The summed E-state index contributed by atoms with van der Waals surface area (Å²) in [5.41, 5.74) is 0.476. The first-order valence-electron chi connectivity index (χ1n) is 5.80. The van der Waals surface area contributed by atoms with Gasteiger partial charge < -0.3 is 14.8 Å². The Morgan fingerprint density at radius 2 is 2.25 bits per heavy atom. The number of carbonyl (C=O) groups is 1. The van der Waals surface area contributed by atoms with Crippen LogP contribution in [0.3, 0.4) is 0 Å². The lowest BCUT2D eigenvalue weighted by Gasteiger charge is -2.19. The van der Waals surface area contributed by atoms with Gasteiger partial charge in [0.05, 0.1) is 12.7 Å². The highest BCUT2D eigenvalue weighted by molar-refractivity contribution is 5.88. The van der Waals surface area contributed by atoms with E-state index < -0.39 is 0 Å². The van der Waals surface area contributed by atoms with Crippen LogP contribution in [-0.2, 0) is 14.3 Å². The van der Waals surface area contributed by atoms with Crippen molar-refractivity contribution in [1.82, 2.24) is 5.32 Å². The topological polar surface area (TPSA) is 47.6 Å². The molecule has 0 aromatic heterocycles. The van der Waals surface area contributed by atoms with Gasteiger partial charge in [0.15, 0.2) is 0 Å². The van der Waals surface area contributed by atoms with Crippen LogP contribution in [0.15, 0.2) is 12.2 Å². The normalized spacial score (nSPS) is 24.4. The Bertz CT molecular complexity index is 253. The van der Waals surface area contributed by atoms with E-state index in [4.69, 9.17) is 9.47 Å². The number of carbonyl (C=O) groups excluding carboxylic acids is 1. The second-order valence-electron chi connectivity index (χ2n) is 4.02. The zero-order valence-corrected chi connectivity index (χ0v) is 10.1.